The number of carbonyl (C=O) groups excluding carboxylic acids is 5. The number of amides is 5. The number of unbranched alkanes of at least 4 members (excludes halogenated alkanes) is 8. The summed E-state index contributed by atoms with van der Waals surface area (Å²) >= 11 is 0. The number of benzene rings is 1. The van der Waals surface area contributed by atoms with Crippen LogP contribution in [-0.4, -0.2) is 284 Å². The molecular formula is C57H95N5O27. The van der Waals surface area contributed by atoms with Crippen LogP contribution in [-0.2, 0) is 61.8 Å². The van der Waals surface area contributed by atoms with E-state index in [0.29, 0.717) is 12.4 Å². The molecule has 5 rings (SSSR count). The van der Waals surface area contributed by atoms with Crippen LogP contribution in [0.2, 0.25) is 0 Å². The maximum atomic E-state index is 13.9. The molecule has 4 aliphatic rings. The maximum Gasteiger partial charge on any atom is 0.251 e. The highest BCUT2D eigenvalue weighted by molar-refractivity contribution is 5.94. The second-order valence-electron chi connectivity index (χ2n) is 22.6. The highest BCUT2D eigenvalue weighted by Crippen LogP contribution is 2.36. The third kappa shape index (κ3) is 21.3. The van der Waals surface area contributed by atoms with Gasteiger partial charge in [0.25, 0.3) is 5.91 Å². The van der Waals surface area contributed by atoms with E-state index in [4.69, 9.17) is 47.4 Å². The van der Waals surface area contributed by atoms with Crippen molar-refractivity contribution in [2.45, 2.75) is 246 Å². The molecule has 89 heavy (non-hydrogen) atoms. The molecule has 13 unspecified atom stereocenters. The van der Waals surface area contributed by atoms with Crippen LogP contribution in [0.4, 0.5) is 0 Å². The first kappa shape index (κ1) is 75.3. The van der Waals surface area contributed by atoms with Crippen molar-refractivity contribution in [3.05, 3.63) is 29.8 Å². The number of aliphatic hydroxyl groups excluding tert-OH is 12. The second-order valence-corrected chi connectivity index (χ2v) is 22.6. The molecule has 1 aromatic rings. The predicted octanol–water partition coefficient (Wildman–Crippen LogP) is -5.36. The molecule has 32 heteroatoms. The zero-order chi connectivity index (χ0) is 65.6. The monoisotopic (exact) mass is 1280 g/mol. The van der Waals surface area contributed by atoms with Crippen LogP contribution >= 0.6 is 0 Å². The Morgan fingerprint density at radius 1 is 0.517 bits per heavy atom. The standard InChI is InChI=1S/C57H95N5O27/c1-7-8-9-10-11-12-13-14-15-19-80-33-18-16-17-32(20-33)52(78)62-40-45(74)44(73)36(23-65)83-55(40)87-50-38(25-67)85-57(42(47(50)76)60-30(5)71)89-51-39(26-68)86-56(43(48(51)77)61-31(6)72)88-49-37(24-66)84-54(41(46(49)75)59-29(4)70)82-35(22-64)34(21-63)81-53(79)27(2)58-28(3)69/h16-18,20,27,34-51,53-57,63-68,73-77,79H,7-15,19,21-26H2,1-6H3,(H,58,69)(H,59,70)(H,60,71)(H,61,72)(H,62,78)/t27-,34?,35?,36?,37-,38-,39?,40-,41?,42?,43-,44+,45?,46?,47?,48+,49+,50+,51?,53?,54?,55?,56-,57-/m0/s1. The highest BCUT2D eigenvalue weighted by atomic mass is 16.8. The minimum absolute atomic E-state index is 0.0719. The van der Waals surface area contributed by atoms with Gasteiger partial charge in [-0.2, -0.15) is 0 Å². The third-order valence-corrected chi connectivity index (χ3v) is 15.6. The number of hydrogen-bond acceptors (Lipinski definition) is 27. The van der Waals surface area contributed by atoms with E-state index in [0.717, 1.165) is 46.5 Å². The van der Waals surface area contributed by atoms with E-state index in [-0.39, 0.29) is 5.56 Å². The average molecular weight is 1280 g/mol. The Balaban J connectivity index is 1.33. The molecule has 32 nitrogen and oxygen atoms in total. The number of hydrogen-bond donors (Lipinski definition) is 17. The van der Waals surface area contributed by atoms with Crippen LogP contribution in [0.1, 0.15) is 110 Å². The molecule has 4 aliphatic heterocycles. The zero-order valence-corrected chi connectivity index (χ0v) is 51.0. The first-order chi connectivity index (χ1) is 42.4. The van der Waals surface area contributed by atoms with Gasteiger partial charge in [0.05, 0.1) is 52.3 Å². The van der Waals surface area contributed by atoms with Crippen molar-refractivity contribution in [1.82, 2.24) is 26.6 Å². The van der Waals surface area contributed by atoms with Crippen LogP contribution < -0.4 is 31.3 Å². The molecular weight excluding hydrogens is 1190 g/mol. The molecule has 4 heterocycles. The molecule has 4 fully saturated rings. The molecule has 4 saturated heterocycles. The van der Waals surface area contributed by atoms with Gasteiger partial charge in [-0.05, 0) is 31.5 Å². The Bertz CT molecular complexity index is 2320. The van der Waals surface area contributed by atoms with Gasteiger partial charge in [-0.25, -0.2) is 0 Å². The SMILES string of the molecule is CCCCCCCCCCCOc1cccc(C(=O)N[C@@H]2C(O[C@H]3C(O)C(NC(C)=O)[C@H](OC4C(CO)O[C@@H](O[C@H]5C(O)C(NC(C)=O)C(OC(CO)C(CO)OC(O)[C@H](C)NC(C)=O)O[C@H]5CO)[C@@H](NC(C)=O)[C@H]4O)O[C@H]3CO)OC(CO)[C@@H](O)C2O)c1. The summed E-state index contributed by atoms with van der Waals surface area (Å²) in [6.45, 7) is 2.65. The fourth-order valence-electron chi connectivity index (χ4n) is 11.0. The van der Waals surface area contributed by atoms with E-state index >= 15 is 0 Å². The van der Waals surface area contributed by atoms with Gasteiger partial charge in [-0.1, -0.05) is 64.4 Å². The second kappa shape index (κ2) is 37.3. The summed E-state index contributed by atoms with van der Waals surface area (Å²) in [7, 11) is 0. The summed E-state index contributed by atoms with van der Waals surface area (Å²) in [5, 5.41) is 144. The lowest BCUT2D eigenvalue weighted by molar-refractivity contribution is -0.364. The quantitative estimate of drug-likeness (QED) is 0.0223. The van der Waals surface area contributed by atoms with Crippen molar-refractivity contribution in [3.63, 3.8) is 0 Å². The van der Waals surface area contributed by atoms with Gasteiger partial charge in [0.15, 0.2) is 31.5 Å². The fraction of sp³-hybridized carbons (Fsp3) is 0.807. The Hall–Kier alpha value is -4.47. The van der Waals surface area contributed by atoms with Crippen molar-refractivity contribution in [2.75, 3.05) is 46.2 Å². The lowest BCUT2D eigenvalue weighted by Gasteiger charge is -2.51. The first-order valence-corrected chi connectivity index (χ1v) is 30.2. The lowest BCUT2D eigenvalue weighted by Crippen LogP contribution is -2.72. The number of rotatable bonds is 35. The van der Waals surface area contributed by atoms with Gasteiger partial charge in [0.2, 0.25) is 23.6 Å². The third-order valence-electron chi connectivity index (χ3n) is 15.6. The van der Waals surface area contributed by atoms with E-state index in [1.807, 2.05) is 0 Å². The summed E-state index contributed by atoms with van der Waals surface area (Å²) in [6, 6.07) is -1.58. The van der Waals surface area contributed by atoms with E-state index in [9.17, 15) is 85.3 Å². The van der Waals surface area contributed by atoms with E-state index < -0.39 is 216 Å². The van der Waals surface area contributed by atoms with Gasteiger partial charge in [0, 0.05) is 33.3 Å². The molecule has 5 amide bonds. The molecule has 0 bridgehead atoms. The molecule has 0 aliphatic carbocycles. The maximum absolute atomic E-state index is 13.9. The largest absolute Gasteiger partial charge is 0.494 e. The van der Waals surface area contributed by atoms with Crippen molar-refractivity contribution in [3.8, 4) is 5.75 Å². The van der Waals surface area contributed by atoms with Crippen LogP contribution in [0.15, 0.2) is 24.3 Å². The molecule has 0 aromatic heterocycles. The van der Waals surface area contributed by atoms with E-state index in [1.165, 1.54) is 58.1 Å². The van der Waals surface area contributed by atoms with Crippen LogP contribution in [0.25, 0.3) is 0 Å². The van der Waals surface area contributed by atoms with Crippen LogP contribution in [0.3, 0.4) is 0 Å². The summed E-state index contributed by atoms with van der Waals surface area (Å²) < 4.78 is 59.9. The smallest absolute Gasteiger partial charge is 0.251 e. The number of nitrogens with one attached hydrogen (secondary N) is 5. The van der Waals surface area contributed by atoms with Crippen molar-refractivity contribution < 1.29 is 133 Å². The number of aliphatic hydroxyl groups is 12. The van der Waals surface area contributed by atoms with E-state index in [2.05, 4.69) is 33.5 Å². The topological polar surface area (TPSA) is 481 Å². The molecule has 0 saturated carbocycles. The Labute approximate surface area is 515 Å². The van der Waals surface area contributed by atoms with Gasteiger partial charge >= 0.3 is 0 Å². The van der Waals surface area contributed by atoms with Gasteiger partial charge in [0.1, 0.15) is 115 Å². The summed E-state index contributed by atoms with van der Waals surface area (Å²) in [6.07, 6.45) is -23.8. The average Bonchev–Trinajstić information content (AvgIpc) is 1.15. The van der Waals surface area contributed by atoms with Gasteiger partial charge in [-0.15, -0.1) is 0 Å². The zero-order valence-electron chi connectivity index (χ0n) is 51.0. The molecule has 17 N–H and O–H groups in total. The van der Waals surface area contributed by atoms with Crippen molar-refractivity contribution >= 4 is 29.5 Å². The van der Waals surface area contributed by atoms with Gasteiger partial charge < -0.3 is 135 Å². The van der Waals surface area contributed by atoms with Crippen molar-refractivity contribution in [2.24, 2.45) is 0 Å². The van der Waals surface area contributed by atoms with Crippen LogP contribution in [0, 0.1) is 0 Å². The Morgan fingerprint density at radius 2 is 0.933 bits per heavy atom. The van der Waals surface area contributed by atoms with E-state index in [1.54, 1.807) is 12.1 Å². The fourth-order valence-corrected chi connectivity index (χ4v) is 11.0. The number of carbonyl (C=O) groups is 5. The summed E-state index contributed by atoms with van der Waals surface area (Å²) in [4.78, 5) is 63.8. The molecule has 510 valence electrons. The molecule has 1 aromatic carbocycles. The normalized spacial score (nSPS) is 33.6. The highest BCUT2D eigenvalue weighted by Gasteiger charge is 2.57. The Morgan fingerprint density at radius 3 is 1.36 bits per heavy atom. The summed E-state index contributed by atoms with van der Waals surface area (Å²) in [5.74, 6) is -3.31. The number of ether oxygens (including phenoxy) is 10. The molecule has 0 radical (unpaired) electrons. The van der Waals surface area contributed by atoms with Crippen molar-refractivity contribution in [1.29, 1.82) is 0 Å². The minimum atomic E-state index is -2.02. The summed E-state index contributed by atoms with van der Waals surface area (Å²) in [5.41, 5.74) is 0.0719. The molecule has 24 atom stereocenters. The lowest BCUT2D eigenvalue weighted by atomic mass is 9.93. The minimum Gasteiger partial charge on any atom is -0.494 e. The molecule has 0 spiro atoms. The Kier molecular flexibility index (Phi) is 31.5. The predicted molar refractivity (Wildman–Crippen MR) is 304 cm³/mol. The first-order valence-electron chi connectivity index (χ1n) is 30.2. The van der Waals surface area contributed by atoms with Gasteiger partial charge in [-0.3, -0.25) is 24.0 Å². The van der Waals surface area contributed by atoms with Crippen LogP contribution in [0.5, 0.6) is 5.75 Å².